The summed E-state index contributed by atoms with van der Waals surface area (Å²) in [6.45, 7) is 3.88. The second-order valence-corrected chi connectivity index (χ2v) is 6.82. The van der Waals surface area contributed by atoms with Crippen molar-refractivity contribution in [1.82, 2.24) is 4.98 Å². The summed E-state index contributed by atoms with van der Waals surface area (Å²) in [6.07, 6.45) is 1.38. The van der Waals surface area contributed by atoms with E-state index in [4.69, 9.17) is 9.15 Å². The molecule has 1 N–H and O–H groups in total. The van der Waals surface area contributed by atoms with Crippen LogP contribution in [0.4, 0.5) is 11.4 Å². The summed E-state index contributed by atoms with van der Waals surface area (Å²) >= 11 is 0. The van der Waals surface area contributed by atoms with Crippen molar-refractivity contribution in [2.75, 3.05) is 6.61 Å². The van der Waals surface area contributed by atoms with E-state index in [9.17, 15) is 15.2 Å². The van der Waals surface area contributed by atoms with Gasteiger partial charge in [0.1, 0.15) is 5.52 Å². The fourth-order valence-electron chi connectivity index (χ4n) is 3.10. The van der Waals surface area contributed by atoms with Crippen molar-refractivity contribution in [2.24, 2.45) is 4.99 Å². The van der Waals surface area contributed by atoms with Gasteiger partial charge in [0.2, 0.25) is 5.89 Å². The molecule has 1 aromatic heterocycles. The lowest BCUT2D eigenvalue weighted by Crippen LogP contribution is -1.97. The van der Waals surface area contributed by atoms with Gasteiger partial charge in [-0.25, -0.2) is 4.98 Å². The molecule has 0 spiro atoms. The number of aryl methyl sites for hydroxylation is 1. The number of phenols is 1. The summed E-state index contributed by atoms with van der Waals surface area (Å²) in [7, 11) is 0. The second-order valence-electron chi connectivity index (χ2n) is 6.82. The highest BCUT2D eigenvalue weighted by Crippen LogP contribution is 2.35. The Morgan fingerprint density at radius 2 is 2.03 bits per heavy atom. The summed E-state index contributed by atoms with van der Waals surface area (Å²) in [5.41, 5.74) is 3.67. The predicted octanol–water partition coefficient (Wildman–Crippen LogP) is 5.57. The summed E-state index contributed by atoms with van der Waals surface area (Å²) in [6, 6.07) is 15.5. The number of para-hydroxylation sites is 2. The van der Waals surface area contributed by atoms with Gasteiger partial charge < -0.3 is 14.3 Å². The first-order valence-corrected chi connectivity index (χ1v) is 9.61. The molecule has 0 aliphatic heterocycles. The Bertz CT molecular complexity index is 1280. The van der Waals surface area contributed by atoms with E-state index in [0.29, 0.717) is 17.2 Å². The van der Waals surface area contributed by atoms with Gasteiger partial charge in [0, 0.05) is 23.4 Å². The van der Waals surface area contributed by atoms with Crippen molar-refractivity contribution in [1.29, 1.82) is 0 Å². The molecule has 0 aliphatic carbocycles. The number of rotatable bonds is 6. The van der Waals surface area contributed by atoms with Gasteiger partial charge in [0.05, 0.1) is 23.3 Å². The zero-order valence-electron chi connectivity index (χ0n) is 16.9. The third kappa shape index (κ3) is 4.09. The first-order valence-electron chi connectivity index (χ1n) is 9.61. The Morgan fingerprint density at radius 3 is 2.77 bits per heavy atom. The molecule has 31 heavy (non-hydrogen) atoms. The number of oxazole rings is 1. The first-order chi connectivity index (χ1) is 15.0. The van der Waals surface area contributed by atoms with Crippen LogP contribution < -0.4 is 4.74 Å². The monoisotopic (exact) mass is 417 g/mol. The molecule has 0 saturated heterocycles. The van der Waals surface area contributed by atoms with Crippen molar-refractivity contribution in [3.63, 3.8) is 0 Å². The van der Waals surface area contributed by atoms with Crippen molar-refractivity contribution in [3.05, 3.63) is 75.8 Å². The molecule has 8 nitrogen and oxygen atoms in total. The van der Waals surface area contributed by atoms with Crippen molar-refractivity contribution >= 4 is 28.7 Å². The van der Waals surface area contributed by atoms with Gasteiger partial charge in [-0.3, -0.25) is 15.1 Å². The Kier molecular flexibility index (Phi) is 5.36. The van der Waals surface area contributed by atoms with E-state index in [-0.39, 0.29) is 29.4 Å². The van der Waals surface area contributed by atoms with Gasteiger partial charge in [-0.2, -0.15) is 0 Å². The molecule has 3 aromatic carbocycles. The number of nitro benzene ring substituents is 1. The number of aromatic nitrogens is 1. The highest BCUT2D eigenvalue weighted by molar-refractivity contribution is 5.88. The lowest BCUT2D eigenvalue weighted by molar-refractivity contribution is -0.385. The molecule has 8 heteroatoms. The van der Waals surface area contributed by atoms with Crippen molar-refractivity contribution < 1.29 is 19.2 Å². The Balaban J connectivity index is 1.72. The minimum absolute atomic E-state index is 0.0371. The number of fused-ring (bicyclic) bond motifs is 1. The molecule has 0 unspecified atom stereocenters. The summed E-state index contributed by atoms with van der Waals surface area (Å²) in [5, 5.41) is 21.7. The molecule has 0 fully saturated rings. The lowest BCUT2D eigenvalue weighted by Gasteiger charge is -2.08. The van der Waals surface area contributed by atoms with Crippen molar-refractivity contribution in [2.45, 2.75) is 13.8 Å². The Labute approximate surface area is 177 Å². The maximum Gasteiger partial charge on any atom is 0.274 e. The van der Waals surface area contributed by atoms with Crippen LogP contribution in [0.2, 0.25) is 0 Å². The van der Waals surface area contributed by atoms with Crippen LogP contribution in [0.15, 0.2) is 64.0 Å². The molecule has 0 bridgehead atoms. The highest BCUT2D eigenvalue weighted by atomic mass is 16.6. The number of ether oxygens (including phenoxy) is 1. The van der Waals surface area contributed by atoms with Gasteiger partial charge in [0.25, 0.3) is 5.69 Å². The molecule has 0 amide bonds. The maximum absolute atomic E-state index is 11.2. The second kappa shape index (κ2) is 8.27. The molecular formula is C23H19N3O5. The van der Waals surface area contributed by atoms with Gasteiger partial charge in [-0.05, 0) is 43.7 Å². The molecule has 0 radical (unpaired) electrons. The largest absolute Gasteiger partial charge is 0.504 e. The molecule has 4 rings (SSSR count). The summed E-state index contributed by atoms with van der Waals surface area (Å²) < 4.78 is 11.1. The standard InChI is InChI=1S/C23H19N3O5/c1-3-30-21-12-17(26(28)29)10-16(22(21)27)13-24-19-11-15(9-8-14(19)2)23-25-18-6-4-5-7-20(18)31-23/h4-13,27H,3H2,1-2H3. The zero-order chi connectivity index (χ0) is 22.0. The van der Waals surface area contributed by atoms with E-state index in [1.807, 2.05) is 49.4 Å². The highest BCUT2D eigenvalue weighted by Gasteiger charge is 2.16. The normalized spacial score (nSPS) is 11.3. The molecular weight excluding hydrogens is 398 g/mol. The number of non-ortho nitro benzene ring substituents is 1. The fraction of sp³-hybridized carbons (Fsp3) is 0.130. The Morgan fingerprint density at radius 1 is 1.23 bits per heavy atom. The van der Waals surface area contributed by atoms with Crippen LogP contribution in [0.5, 0.6) is 11.5 Å². The number of nitro groups is 1. The number of phenolic OH excluding ortho intramolecular Hbond substituents is 1. The molecule has 1 heterocycles. The van der Waals surface area contributed by atoms with Crippen LogP contribution in [0.3, 0.4) is 0 Å². The summed E-state index contributed by atoms with van der Waals surface area (Å²) in [5.74, 6) is 0.300. The predicted molar refractivity (Wildman–Crippen MR) is 117 cm³/mol. The summed E-state index contributed by atoms with van der Waals surface area (Å²) in [4.78, 5) is 19.6. The molecule has 156 valence electrons. The maximum atomic E-state index is 11.2. The Hall–Kier alpha value is -4.20. The van der Waals surface area contributed by atoms with Gasteiger partial charge in [0.15, 0.2) is 17.1 Å². The van der Waals surface area contributed by atoms with E-state index in [0.717, 1.165) is 16.6 Å². The van der Waals surface area contributed by atoms with Crippen molar-refractivity contribution in [3.8, 4) is 23.0 Å². The van der Waals surface area contributed by atoms with Crippen LogP contribution in [0.1, 0.15) is 18.1 Å². The average Bonchev–Trinajstić information content (AvgIpc) is 3.19. The molecule has 0 atom stereocenters. The number of aliphatic imine (C=N–C) groups is 1. The molecule has 0 saturated carbocycles. The van der Waals surface area contributed by atoms with Gasteiger partial charge >= 0.3 is 0 Å². The third-order valence-corrected chi connectivity index (χ3v) is 4.69. The van der Waals surface area contributed by atoms with E-state index >= 15 is 0 Å². The third-order valence-electron chi connectivity index (χ3n) is 4.69. The quantitative estimate of drug-likeness (QED) is 0.249. The minimum Gasteiger partial charge on any atom is -0.504 e. The lowest BCUT2D eigenvalue weighted by atomic mass is 10.1. The minimum atomic E-state index is -0.543. The van der Waals surface area contributed by atoms with Crippen LogP contribution in [0.25, 0.3) is 22.6 Å². The molecule has 4 aromatic rings. The smallest absolute Gasteiger partial charge is 0.274 e. The first kappa shape index (κ1) is 20.1. The van der Waals surface area contributed by atoms with Crippen LogP contribution >= 0.6 is 0 Å². The number of hydrogen-bond acceptors (Lipinski definition) is 7. The topological polar surface area (TPSA) is 111 Å². The fourth-order valence-corrected chi connectivity index (χ4v) is 3.10. The number of benzene rings is 3. The van der Waals surface area contributed by atoms with Gasteiger partial charge in [-0.1, -0.05) is 18.2 Å². The van der Waals surface area contributed by atoms with E-state index in [2.05, 4.69) is 9.98 Å². The van der Waals surface area contributed by atoms with Crippen LogP contribution in [0, 0.1) is 17.0 Å². The van der Waals surface area contributed by atoms with Gasteiger partial charge in [-0.15, -0.1) is 0 Å². The SMILES string of the molecule is CCOc1cc([N+](=O)[O-])cc(C=Nc2cc(-c3nc4ccccc4o3)ccc2C)c1O. The average molecular weight is 417 g/mol. The zero-order valence-corrected chi connectivity index (χ0v) is 16.9. The van der Waals surface area contributed by atoms with E-state index in [1.54, 1.807) is 6.92 Å². The number of nitrogens with zero attached hydrogens (tertiary/aromatic N) is 3. The van der Waals surface area contributed by atoms with E-state index < -0.39 is 4.92 Å². The number of aromatic hydroxyl groups is 1. The molecule has 0 aliphatic rings. The van der Waals surface area contributed by atoms with Crippen LogP contribution in [-0.2, 0) is 0 Å². The number of hydrogen-bond donors (Lipinski definition) is 1. The van der Waals surface area contributed by atoms with Crippen LogP contribution in [-0.4, -0.2) is 27.8 Å². The van der Waals surface area contributed by atoms with E-state index in [1.165, 1.54) is 18.3 Å².